The van der Waals surface area contributed by atoms with Crippen molar-refractivity contribution in [1.82, 2.24) is 9.97 Å². The molecule has 174 valence electrons. The number of carbonyl (C=O) groups excluding carboxylic acids is 2. The van der Waals surface area contributed by atoms with Gasteiger partial charge in [0, 0.05) is 30.8 Å². The maximum Gasteiger partial charge on any atom is 0.258 e. The second kappa shape index (κ2) is 8.76. The van der Waals surface area contributed by atoms with Gasteiger partial charge in [0.1, 0.15) is 19.0 Å². The van der Waals surface area contributed by atoms with Crippen molar-refractivity contribution in [3.8, 4) is 11.5 Å². The molecule has 2 aromatic rings. The highest BCUT2D eigenvalue weighted by atomic mass is 16.6. The fourth-order valence-electron chi connectivity index (χ4n) is 4.77. The largest absolute Gasteiger partial charge is 0.486 e. The van der Waals surface area contributed by atoms with Crippen LogP contribution in [0.15, 0.2) is 23.0 Å². The molecule has 1 fully saturated rings. The van der Waals surface area contributed by atoms with Crippen molar-refractivity contribution >= 4 is 29.3 Å². The number of hydrogen-bond acceptors (Lipinski definition) is 7. The highest BCUT2D eigenvalue weighted by Crippen LogP contribution is 2.35. The van der Waals surface area contributed by atoms with Gasteiger partial charge < -0.3 is 25.0 Å². The topological polar surface area (TPSA) is 126 Å². The number of aromatic nitrogens is 2. The fourth-order valence-corrected chi connectivity index (χ4v) is 4.77. The molecule has 0 bridgehead atoms. The van der Waals surface area contributed by atoms with Crippen molar-refractivity contribution in [3.63, 3.8) is 0 Å². The van der Waals surface area contributed by atoms with Crippen LogP contribution in [-0.2, 0) is 9.59 Å². The van der Waals surface area contributed by atoms with Gasteiger partial charge in [0.15, 0.2) is 11.5 Å². The number of benzene rings is 1. The van der Waals surface area contributed by atoms with Crippen LogP contribution < -0.4 is 30.6 Å². The number of nitrogens with one attached hydrogen (secondary N) is 3. The van der Waals surface area contributed by atoms with E-state index in [0.717, 1.165) is 32.2 Å². The molecule has 0 spiro atoms. The molecule has 10 nitrogen and oxygen atoms in total. The van der Waals surface area contributed by atoms with Gasteiger partial charge in [-0.3, -0.25) is 19.4 Å². The number of aromatic amines is 1. The van der Waals surface area contributed by atoms with E-state index in [1.54, 1.807) is 18.2 Å². The predicted octanol–water partition coefficient (Wildman–Crippen LogP) is 2.37. The summed E-state index contributed by atoms with van der Waals surface area (Å²) in [6.45, 7) is 3.81. The number of fused-ring (bicyclic) bond motifs is 2. The van der Waals surface area contributed by atoms with Gasteiger partial charge >= 0.3 is 0 Å². The van der Waals surface area contributed by atoms with Gasteiger partial charge in [-0.15, -0.1) is 0 Å². The number of nitrogens with zero attached hydrogens (tertiary/aromatic N) is 2. The highest BCUT2D eigenvalue weighted by Gasteiger charge is 2.36. The standard InChI is InChI=1S/C23H27N5O5/c1-2-14-5-3-4-8-28(14)23-26-20-19(22(31)27-23)15(12-18(29)25-20)21(30)24-13-6-7-16-17(11-13)33-10-9-32-16/h6-7,11,14-15H,2-5,8-10,12H2,1H3,(H,24,30)(H2,25,26,27,29,31). The number of ether oxygens (including phenoxy) is 2. The van der Waals surface area contributed by atoms with Crippen LogP contribution >= 0.6 is 0 Å². The summed E-state index contributed by atoms with van der Waals surface area (Å²) in [5.41, 5.74) is 0.271. The fraction of sp³-hybridized carbons (Fsp3) is 0.478. The molecule has 5 rings (SSSR count). The normalized spacial score (nSPS) is 21.7. The number of amides is 2. The molecule has 33 heavy (non-hydrogen) atoms. The Morgan fingerprint density at radius 2 is 2.03 bits per heavy atom. The quantitative estimate of drug-likeness (QED) is 0.649. The van der Waals surface area contributed by atoms with E-state index in [-0.39, 0.29) is 29.8 Å². The monoisotopic (exact) mass is 453 g/mol. The van der Waals surface area contributed by atoms with Gasteiger partial charge in [-0.05, 0) is 37.8 Å². The minimum Gasteiger partial charge on any atom is -0.486 e. The second-order valence-corrected chi connectivity index (χ2v) is 8.56. The number of hydrogen-bond donors (Lipinski definition) is 3. The molecular weight excluding hydrogens is 426 g/mol. The van der Waals surface area contributed by atoms with Gasteiger partial charge in [0.25, 0.3) is 5.56 Å². The van der Waals surface area contributed by atoms with Crippen molar-refractivity contribution in [2.24, 2.45) is 0 Å². The zero-order valence-electron chi connectivity index (χ0n) is 18.5. The van der Waals surface area contributed by atoms with Gasteiger partial charge in [-0.1, -0.05) is 6.92 Å². The first-order valence-electron chi connectivity index (χ1n) is 11.4. The molecule has 4 heterocycles. The van der Waals surface area contributed by atoms with Crippen LogP contribution in [0.2, 0.25) is 0 Å². The van der Waals surface area contributed by atoms with Crippen molar-refractivity contribution in [1.29, 1.82) is 0 Å². The minimum absolute atomic E-state index is 0.130. The Hall–Kier alpha value is -3.56. The lowest BCUT2D eigenvalue weighted by Gasteiger charge is -2.36. The third-order valence-corrected chi connectivity index (χ3v) is 6.44. The molecule has 0 radical (unpaired) electrons. The van der Waals surface area contributed by atoms with E-state index in [9.17, 15) is 14.4 Å². The zero-order chi connectivity index (χ0) is 22.9. The molecule has 2 amide bonds. The average molecular weight is 453 g/mol. The van der Waals surface area contributed by atoms with Gasteiger partial charge in [-0.25, -0.2) is 0 Å². The molecular formula is C23H27N5O5. The van der Waals surface area contributed by atoms with E-state index in [1.165, 1.54) is 0 Å². The minimum atomic E-state index is -0.949. The summed E-state index contributed by atoms with van der Waals surface area (Å²) < 4.78 is 11.1. The van der Waals surface area contributed by atoms with Crippen LogP contribution in [0.25, 0.3) is 0 Å². The number of piperidine rings is 1. The number of anilines is 3. The number of H-pyrrole nitrogens is 1. The first-order chi connectivity index (χ1) is 16.0. The SMILES string of the molecule is CCC1CCCCN1c1nc2c(c(=O)[nH]1)C(C(=O)Nc1ccc3c(c1)OCCO3)CC(=O)N2. The molecule has 10 heteroatoms. The lowest BCUT2D eigenvalue weighted by Crippen LogP contribution is -2.43. The average Bonchev–Trinajstić information content (AvgIpc) is 2.83. The molecule has 1 saturated heterocycles. The van der Waals surface area contributed by atoms with E-state index < -0.39 is 17.4 Å². The third-order valence-electron chi connectivity index (χ3n) is 6.44. The molecule has 1 aromatic carbocycles. The summed E-state index contributed by atoms with van der Waals surface area (Å²) in [6.07, 6.45) is 4.00. The smallest absolute Gasteiger partial charge is 0.258 e. The van der Waals surface area contributed by atoms with Crippen molar-refractivity contribution in [2.45, 2.75) is 51.0 Å². The second-order valence-electron chi connectivity index (χ2n) is 8.56. The summed E-state index contributed by atoms with van der Waals surface area (Å²) in [6, 6.07) is 5.37. The van der Waals surface area contributed by atoms with E-state index in [1.807, 2.05) is 0 Å². The van der Waals surface area contributed by atoms with Crippen LogP contribution in [0.5, 0.6) is 11.5 Å². The zero-order valence-corrected chi connectivity index (χ0v) is 18.5. The van der Waals surface area contributed by atoms with Crippen LogP contribution in [0.4, 0.5) is 17.5 Å². The van der Waals surface area contributed by atoms with Gasteiger partial charge in [-0.2, -0.15) is 4.98 Å². The Morgan fingerprint density at radius 3 is 2.85 bits per heavy atom. The van der Waals surface area contributed by atoms with E-state index >= 15 is 0 Å². The summed E-state index contributed by atoms with van der Waals surface area (Å²) in [5.74, 6) is 0.00327. The van der Waals surface area contributed by atoms with E-state index in [0.29, 0.717) is 36.3 Å². The Kier molecular flexibility index (Phi) is 5.65. The van der Waals surface area contributed by atoms with Gasteiger partial charge in [0.05, 0.1) is 11.5 Å². The van der Waals surface area contributed by atoms with E-state index in [2.05, 4.69) is 32.4 Å². The Morgan fingerprint density at radius 1 is 1.21 bits per heavy atom. The molecule has 0 aliphatic carbocycles. The number of rotatable bonds is 4. The lowest BCUT2D eigenvalue weighted by molar-refractivity contribution is -0.123. The first kappa shape index (κ1) is 21.3. The molecule has 3 N–H and O–H groups in total. The van der Waals surface area contributed by atoms with Crippen molar-refractivity contribution < 1.29 is 19.1 Å². The summed E-state index contributed by atoms with van der Waals surface area (Å²) in [7, 11) is 0. The first-order valence-corrected chi connectivity index (χ1v) is 11.4. The molecule has 2 unspecified atom stereocenters. The predicted molar refractivity (Wildman–Crippen MR) is 122 cm³/mol. The Labute approximate surface area is 190 Å². The molecule has 1 aromatic heterocycles. The lowest BCUT2D eigenvalue weighted by atomic mass is 9.92. The Balaban J connectivity index is 1.43. The summed E-state index contributed by atoms with van der Waals surface area (Å²) in [4.78, 5) is 48.2. The van der Waals surface area contributed by atoms with Crippen LogP contribution in [0, 0.1) is 0 Å². The van der Waals surface area contributed by atoms with Crippen LogP contribution in [-0.4, -0.2) is 47.6 Å². The number of carbonyl (C=O) groups is 2. The summed E-state index contributed by atoms with van der Waals surface area (Å²) in [5, 5.41) is 5.49. The molecule has 0 saturated carbocycles. The molecule has 3 aliphatic rings. The maximum absolute atomic E-state index is 13.1. The van der Waals surface area contributed by atoms with Crippen molar-refractivity contribution in [2.75, 3.05) is 35.3 Å². The summed E-state index contributed by atoms with van der Waals surface area (Å²) >= 11 is 0. The van der Waals surface area contributed by atoms with E-state index in [4.69, 9.17) is 9.47 Å². The van der Waals surface area contributed by atoms with Crippen molar-refractivity contribution in [3.05, 3.63) is 34.1 Å². The Bertz CT molecular complexity index is 1150. The molecule has 2 atom stereocenters. The highest BCUT2D eigenvalue weighted by molar-refractivity contribution is 6.04. The third kappa shape index (κ3) is 4.12. The maximum atomic E-state index is 13.1. The van der Waals surface area contributed by atoms with Gasteiger partial charge in [0.2, 0.25) is 17.8 Å². The van der Waals surface area contributed by atoms with Crippen LogP contribution in [0.1, 0.15) is 50.5 Å². The van der Waals surface area contributed by atoms with Crippen LogP contribution in [0.3, 0.4) is 0 Å². The molecule has 3 aliphatic heterocycles.